The minimum atomic E-state index is 0.556. The number of hydrogen-bond acceptors (Lipinski definition) is 2. The van der Waals surface area contributed by atoms with Gasteiger partial charge in [-0.05, 0) is 42.6 Å². The van der Waals surface area contributed by atoms with Crippen LogP contribution in [0.15, 0.2) is 48.5 Å². The summed E-state index contributed by atoms with van der Waals surface area (Å²) >= 11 is 6.03. The molecule has 2 aromatic carbocycles. The molecule has 0 radical (unpaired) electrons. The van der Waals surface area contributed by atoms with Crippen LogP contribution in [0.4, 0.5) is 0 Å². The van der Waals surface area contributed by atoms with Gasteiger partial charge in [-0.2, -0.15) is 0 Å². The van der Waals surface area contributed by atoms with E-state index in [1.54, 1.807) is 7.11 Å². The Labute approximate surface area is 132 Å². The molecule has 2 nitrogen and oxygen atoms in total. The van der Waals surface area contributed by atoms with Gasteiger partial charge in [-0.15, -0.1) is 0 Å². The second kappa shape index (κ2) is 8.06. The molecule has 2 aromatic rings. The first kappa shape index (κ1) is 15.9. The standard InChI is InChI=1S/C18H22ClNO/c1-14(15-6-4-3-5-7-15)10-11-20-13-16-12-17(19)8-9-18(16)21-2/h3-9,12,14,20H,10-11,13H2,1-2H3. The Morgan fingerprint density at radius 2 is 1.90 bits per heavy atom. The summed E-state index contributed by atoms with van der Waals surface area (Å²) in [7, 11) is 1.68. The third kappa shape index (κ3) is 4.76. The molecule has 1 unspecified atom stereocenters. The lowest BCUT2D eigenvalue weighted by Gasteiger charge is -2.13. The smallest absolute Gasteiger partial charge is 0.123 e. The normalized spacial score (nSPS) is 12.1. The lowest BCUT2D eigenvalue weighted by Crippen LogP contribution is -2.17. The fourth-order valence-corrected chi connectivity index (χ4v) is 2.57. The zero-order chi connectivity index (χ0) is 15.1. The first-order valence-electron chi connectivity index (χ1n) is 7.29. The zero-order valence-electron chi connectivity index (χ0n) is 12.6. The van der Waals surface area contributed by atoms with Crippen LogP contribution in [0.25, 0.3) is 0 Å². The van der Waals surface area contributed by atoms with E-state index >= 15 is 0 Å². The Balaban J connectivity index is 1.81. The molecule has 0 amide bonds. The molecule has 1 atom stereocenters. The molecule has 0 saturated carbocycles. The van der Waals surface area contributed by atoms with Crippen molar-refractivity contribution >= 4 is 11.6 Å². The molecule has 21 heavy (non-hydrogen) atoms. The molecule has 112 valence electrons. The van der Waals surface area contributed by atoms with Gasteiger partial charge in [0.1, 0.15) is 5.75 Å². The van der Waals surface area contributed by atoms with Crippen molar-refractivity contribution in [1.82, 2.24) is 5.32 Å². The lowest BCUT2D eigenvalue weighted by atomic mass is 9.98. The van der Waals surface area contributed by atoms with E-state index in [0.717, 1.165) is 35.8 Å². The first-order chi connectivity index (χ1) is 10.2. The van der Waals surface area contributed by atoms with Crippen molar-refractivity contribution in [1.29, 1.82) is 0 Å². The Bertz CT molecular complexity index is 556. The van der Waals surface area contributed by atoms with Crippen molar-refractivity contribution in [3.8, 4) is 5.75 Å². The van der Waals surface area contributed by atoms with Gasteiger partial charge >= 0.3 is 0 Å². The van der Waals surface area contributed by atoms with Crippen molar-refractivity contribution in [2.45, 2.75) is 25.8 Å². The predicted octanol–water partition coefficient (Wildman–Crippen LogP) is 4.63. The second-order valence-electron chi connectivity index (χ2n) is 5.23. The van der Waals surface area contributed by atoms with Crippen molar-refractivity contribution in [3.63, 3.8) is 0 Å². The van der Waals surface area contributed by atoms with Crippen molar-refractivity contribution < 1.29 is 4.74 Å². The van der Waals surface area contributed by atoms with Gasteiger partial charge in [0, 0.05) is 17.1 Å². The van der Waals surface area contributed by atoms with Crippen LogP contribution in [0.5, 0.6) is 5.75 Å². The number of hydrogen-bond donors (Lipinski definition) is 1. The third-order valence-corrected chi connectivity index (χ3v) is 3.92. The van der Waals surface area contributed by atoms with Gasteiger partial charge < -0.3 is 10.1 Å². The van der Waals surface area contributed by atoms with E-state index in [-0.39, 0.29) is 0 Å². The molecule has 0 aliphatic carbocycles. The maximum absolute atomic E-state index is 6.03. The Kier molecular flexibility index (Phi) is 6.09. The van der Waals surface area contributed by atoms with Crippen LogP contribution < -0.4 is 10.1 Å². The topological polar surface area (TPSA) is 21.3 Å². The number of nitrogens with one attached hydrogen (secondary N) is 1. The van der Waals surface area contributed by atoms with Crippen molar-refractivity contribution in [3.05, 3.63) is 64.7 Å². The molecule has 0 spiro atoms. The molecule has 0 heterocycles. The fraction of sp³-hybridized carbons (Fsp3) is 0.333. The molecule has 0 fully saturated rings. The highest BCUT2D eigenvalue weighted by atomic mass is 35.5. The minimum Gasteiger partial charge on any atom is -0.496 e. The van der Waals surface area contributed by atoms with E-state index < -0.39 is 0 Å². The average Bonchev–Trinajstić information content (AvgIpc) is 2.52. The van der Waals surface area contributed by atoms with E-state index in [1.807, 2.05) is 18.2 Å². The summed E-state index contributed by atoms with van der Waals surface area (Å²) in [6.45, 7) is 3.99. The maximum Gasteiger partial charge on any atom is 0.123 e. The van der Waals surface area contributed by atoms with Crippen LogP contribution in [0.1, 0.15) is 30.4 Å². The summed E-state index contributed by atoms with van der Waals surface area (Å²) in [6.07, 6.45) is 1.10. The number of ether oxygens (including phenoxy) is 1. The summed E-state index contributed by atoms with van der Waals surface area (Å²) in [4.78, 5) is 0. The highest BCUT2D eigenvalue weighted by molar-refractivity contribution is 6.30. The molecule has 1 N–H and O–H groups in total. The highest BCUT2D eigenvalue weighted by Crippen LogP contribution is 2.22. The Hall–Kier alpha value is -1.51. The largest absolute Gasteiger partial charge is 0.496 e. The van der Waals surface area contributed by atoms with E-state index in [9.17, 15) is 0 Å². The van der Waals surface area contributed by atoms with E-state index in [4.69, 9.17) is 16.3 Å². The summed E-state index contributed by atoms with van der Waals surface area (Å²) in [5.41, 5.74) is 2.48. The maximum atomic E-state index is 6.03. The summed E-state index contributed by atoms with van der Waals surface area (Å²) in [6, 6.07) is 16.3. The minimum absolute atomic E-state index is 0.556. The summed E-state index contributed by atoms with van der Waals surface area (Å²) in [5.74, 6) is 1.43. The molecule has 0 aliphatic heterocycles. The van der Waals surface area contributed by atoms with Gasteiger partial charge in [-0.3, -0.25) is 0 Å². The van der Waals surface area contributed by atoms with Gasteiger partial charge in [-0.1, -0.05) is 48.9 Å². The first-order valence-corrected chi connectivity index (χ1v) is 7.66. The van der Waals surface area contributed by atoms with Crippen LogP contribution in [0.2, 0.25) is 5.02 Å². The molecule has 0 bridgehead atoms. The van der Waals surface area contributed by atoms with Gasteiger partial charge in [-0.25, -0.2) is 0 Å². The second-order valence-corrected chi connectivity index (χ2v) is 5.67. The molecule has 0 aromatic heterocycles. The molecular weight excluding hydrogens is 282 g/mol. The fourth-order valence-electron chi connectivity index (χ4n) is 2.38. The van der Waals surface area contributed by atoms with Crippen LogP contribution in [0, 0.1) is 0 Å². The van der Waals surface area contributed by atoms with Gasteiger partial charge in [0.2, 0.25) is 0 Å². The quantitative estimate of drug-likeness (QED) is 0.753. The predicted molar refractivity (Wildman–Crippen MR) is 89.2 cm³/mol. The number of methoxy groups -OCH3 is 1. The zero-order valence-corrected chi connectivity index (χ0v) is 13.4. The van der Waals surface area contributed by atoms with Gasteiger partial charge in [0.05, 0.1) is 7.11 Å². The van der Waals surface area contributed by atoms with Gasteiger partial charge in [0.25, 0.3) is 0 Å². The monoisotopic (exact) mass is 303 g/mol. The molecule has 0 saturated heterocycles. The highest BCUT2D eigenvalue weighted by Gasteiger charge is 2.06. The van der Waals surface area contributed by atoms with E-state index in [1.165, 1.54) is 5.56 Å². The van der Waals surface area contributed by atoms with Crippen LogP contribution in [-0.2, 0) is 6.54 Å². The van der Waals surface area contributed by atoms with Crippen molar-refractivity contribution in [2.24, 2.45) is 0 Å². The Morgan fingerprint density at radius 3 is 2.62 bits per heavy atom. The van der Waals surface area contributed by atoms with Crippen LogP contribution in [-0.4, -0.2) is 13.7 Å². The summed E-state index contributed by atoms with van der Waals surface area (Å²) in [5, 5.41) is 4.21. The third-order valence-electron chi connectivity index (χ3n) is 3.68. The molecular formula is C18H22ClNO. The average molecular weight is 304 g/mol. The van der Waals surface area contributed by atoms with Crippen LogP contribution in [0.3, 0.4) is 0 Å². The number of benzene rings is 2. The van der Waals surface area contributed by atoms with E-state index in [0.29, 0.717) is 5.92 Å². The SMILES string of the molecule is COc1ccc(Cl)cc1CNCCC(C)c1ccccc1. The Morgan fingerprint density at radius 1 is 1.14 bits per heavy atom. The van der Waals surface area contributed by atoms with Crippen molar-refractivity contribution in [2.75, 3.05) is 13.7 Å². The van der Waals surface area contributed by atoms with Crippen LogP contribution >= 0.6 is 11.6 Å². The number of rotatable bonds is 7. The van der Waals surface area contributed by atoms with E-state index in [2.05, 4.69) is 42.6 Å². The molecule has 0 aliphatic rings. The summed E-state index contributed by atoms with van der Waals surface area (Å²) < 4.78 is 5.35. The molecule has 3 heteroatoms. The lowest BCUT2D eigenvalue weighted by molar-refractivity contribution is 0.407. The van der Waals surface area contributed by atoms with Gasteiger partial charge in [0.15, 0.2) is 0 Å². The number of halogens is 1. The molecule has 2 rings (SSSR count).